The van der Waals surface area contributed by atoms with E-state index in [2.05, 4.69) is 5.32 Å². The van der Waals surface area contributed by atoms with Crippen molar-refractivity contribution in [2.45, 2.75) is 11.9 Å². The van der Waals surface area contributed by atoms with Crippen molar-refractivity contribution in [3.05, 3.63) is 93.5 Å². The quantitative estimate of drug-likeness (QED) is 0.590. The first-order valence-corrected chi connectivity index (χ1v) is 11.9. The summed E-state index contributed by atoms with van der Waals surface area (Å²) in [5.74, 6) is 1.38. The van der Waals surface area contributed by atoms with E-state index in [0.717, 1.165) is 5.56 Å². The number of hydrazone groups is 1. The number of benzene rings is 3. The third-order valence-corrected chi connectivity index (χ3v) is 6.64. The lowest BCUT2D eigenvalue weighted by Crippen LogP contribution is -2.50. The minimum atomic E-state index is -0.675. The van der Waals surface area contributed by atoms with Gasteiger partial charge in [-0.3, -0.25) is 15.1 Å². The Morgan fingerprint density at radius 2 is 1.82 bits per heavy atom. The lowest BCUT2D eigenvalue weighted by atomic mass is 10.1. The summed E-state index contributed by atoms with van der Waals surface area (Å²) in [7, 11) is 3.11. The second kappa shape index (κ2) is 9.40. The molecule has 0 fully saturated rings. The smallest absolute Gasteiger partial charge is 0.276 e. The monoisotopic (exact) mass is 492 g/mol. The molecule has 0 saturated heterocycles. The maximum Gasteiger partial charge on any atom is 0.276 e. The van der Waals surface area contributed by atoms with Crippen molar-refractivity contribution in [2.24, 2.45) is 10.1 Å². The van der Waals surface area contributed by atoms with Crippen LogP contribution in [-0.4, -0.2) is 30.3 Å². The Morgan fingerprint density at radius 3 is 2.59 bits per heavy atom. The van der Waals surface area contributed by atoms with Crippen molar-refractivity contribution < 1.29 is 14.3 Å². The van der Waals surface area contributed by atoms with Crippen LogP contribution < -0.4 is 25.4 Å². The molecular weight excluding hydrogens is 472 g/mol. The number of nitrogens with one attached hydrogen (secondary N) is 1. The number of hydrogen-bond acceptors (Lipinski definition) is 7. The van der Waals surface area contributed by atoms with Crippen molar-refractivity contribution in [2.75, 3.05) is 14.2 Å². The fraction of sp³-hybridized carbons (Fsp3) is 0.160. The molecule has 2 heterocycles. The fourth-order valence-corrected chi connectivity index (χ4v) is 4.99. The Bertz CT molecular complexity index is 1410. The van der Waals surface area contributed by atoms with Crippen molar-refractivity contribution in [1.82, 2.24) is 10.3 Å². The van der Waals surface area contributed by atoms with Gasteiger partial charge in [-0.1, -0.05) is 71.9 Å². The van der Waals surface area contributed by atoms with E-state index in [1.54, 1.807) is 31.4 Å². The second-order valence-corrected chi connectivity index (χ2v) is 8.98. The molecule has 0 bridgehead atoms. The largest absolute Gasteiger partial charge is 0.493 e. The molecule has 3 aromatic carbocycles. The number of para-hydroxylation sites is 1. The predicted octanol–water partition coefficient (Wildman–Crippen LogP) is 3.43. The number of rotatable bonds is 5. The van der Waals surface area contributed by atoms with E-state index in [9.17, 15) is 4.79 Å². The lowest BCUT2D eigenvalue weighted by Gasteiger charge is -2.34. The zero-order valence-corrected chi connectivity index (χ0v) is 20.1. The Hall–Kier alpha value is -3.49. The molecule has 9 heteroatoms. The molecular formula is C25H21ClN4O3S. The van der Waals surface area contributed by atoms with E-state index in [1.165, 1.54) is 11.8 Å². The number of halogens is 1. The minimum absolute atomic E-state index is 0.245. The Balaban J connectivity index is 1.64. The van der Waals surface area contributed by atoms with Gasteiger partial charge in [-0.15, -0.1) is 5.10 Å². The highest BCUT2D eigenvalue weighted by Crippen LogP contribution is 2.42. The predicted molar refractivity (Wildman–Crippen MR) is 133 cm³/mol. The minimum Gasteiger partial charge on any atom is -0.493 e. The zero-order chi connectivity index (χ0) is 23.7. The van der Waals surface area contributed by atoms with Gasteiger partial charge in [0.25, 0.3) is 5.91 Å². The van der Waals surface area contributed by atoms with Crippen LogP contribution in [0.15, 0.2) is 76.8 Å². The number of amidine groups is 1. The summed E-state index contributed by atoms with van der Waals surface area (Å²) < 4.78 is 11.2. The lowest BCUT2D eigenvalue weighted by molar-refractivity contribution is -0.116. The average Bonchev–Trinajstić information content (AvgIpc) is 2.86. The van der Waals surface area contributed by atoms with E-state index in [1.807, 2.05) is 54.6 Å². The van der Waals surface area contributed by atoms with Crippen LogP contribution in [0.25, 0.3) is 5.70 Å². The van der Waals surface area contributed by atoms with Gasteiger partial charge in [0.2, 0.25) is 0 Å². The molecule has 0 spiro atoms. The number of carbonyl (C=O) groups excluding carboxylic acids is 1. The van der Waals surface area contributed by atoms with Crippen LogP contribution >= 0.6 is 23.4 Å². The molecule has 7 nitrogen and oxygen atoms in total. The third kappa shape index (κ3) is 4.10. The van der Waals surface area contributed by atoms with E-state index in [4.69, 9.17) is 31.2 Å². The highest BCUT2D eigenvalue weighted by molar-refractivity contribution is 8.13. The number of thioether (sulfide) groups is 1. The highest BCUT2D eigenvalue weighted by Gasteiger charge is 2.36. The molecule has 1 N–H and O–H groups in total. The van der Waals surface area contributed by atoms with Crippen LogP contribution in [0.1, 0.15) is 17.3 Å². The summed E-state index contributed by atoms with van der Waals surface area (Å²) >= 11 is 7.85. The Labute approximate surface area is 205 Å². The summed E-state index contributed by atoms with van der Waals surface area (Å²) in [6, 6.07) is 21.0. The standard InChI is InChI=1S/C25H21ClN4O3S/c1-32-20-13-16(26)12-18(22(20)33-2)23-27-19-11-7-6-10-17(19)21-24(31)28-25(29-30(21)23)34-14-15-8-4-3-5-9-15/h3-13,23H,14H2,1-2H3,(H,28,29,31)/t23-/m1/s1. The molecule has 0 aliphatic carbocycles. The first-order chi connectivity index (χ1) is 16.6. The van der Waals surface area contributed by atoms with E-state index in [-0.39, 0.29) is 5.91 Å². The van der Waals surface area contributed by atoms with Gasteiger partial charge in [0.1, 0.15) is 5.70 Å². The second-order valence-electron chi connectivity index (χ2n) is 7.58. The molecule has 3 aromatic rings. The number of methoxy groups -OCH3 is 2. The molecule has 0 saturated carbocycles. The highest BCUT2D eigenvalue weighted by atomic mass is 35.5. The average molecular weight is 493 g/mol. The zero-order valence-electron chi connectivity index (χ0n) is 18.5. The number of fused-ring (bicyclic) bond motifs is 2. The van der Waals surface area contributed by atoms with Gasteiger partial charge in [-0.25, -0.2) is 5.01 Å². The molecule has 5 rings (SSSR count). The topological polar surface area (TPSA) is 75.5 Å². The van der Waals surface area contributed by atoms with Crippen molar-refractivity contribution in [3.63, 3.8) is 0 Å². The van der Waals surface area contributed by atoms with Crippen LogP contribution in [0.5, 0.6) is 11.5 Å². The molecule has 34 heavy (non-hydrogen) atoms. The first-order valence-electron chi connectivity index (χ1n) is 10.5. The normalized spacial score (nSPS) is 16.6. The Morgan fingerprint density at radius 1 is 1.06 bits per heavy atom. The summed E-state index contributed by atoms with van der Waals surface area (Å²) in [5, 5.41) is 11.7. The van der Waals surface area contributed by atoms with Crippen LogP contribution in [0.2, 0.25) is 5.02 Å². The number of ether oxygens (including phenoxy) is 2. The van der Waals surface area contributed by atoms with Crippen LogP contribution in [-0.2, 0) is 10.5 Å². The maximum atomic E-state index is 13.3. The number of nitrogens with zero attached hydrogens (tertiary/aromatic N) is 3. The molecule has 2 aliphatic heterocycles. The molecule has 1 amide bonds. The summed E-state index contributed by atoms with van der Waals surface area (Å²) in [6.07, 6.45) is -0.675. The first kappa shape index (κ1) is 22.3. The fourth-order valence-electron chi connectivity index (χ4n) is 3.97. The van der Waals surface area contributed by atoms with Gasteiger partial charge in [0, 0.05) is 27.6 Å². The summed E-state index contributed by atoms with van der Waals surface area (Å²) in [5.41, 5.74) is 2.19. The van der Waals surface area contributed by atoms with E-state index < -0.39 is 6.17 Å². The van der Waals surface area contributed by atoms with Crippen molar-refractivity contribution >= 4 is 40.1 Å². The molecule has 2 aliphatic rings. The van der Waals surface area contributed by atoms with Crippen LogP contribution in [0.4, 0.5) is 0 Å². The van der Waals surface area contributed by atoms with Crippen molar-refractivity contribution in [1.29, 1.82) is 0 Å². The summed E-state index contributed by atoms with van der Waals surface area (Å²) in [4.78, 5) is 18.3. The third-order valence-electron chi connectivity index (χ3n) is 5.48. The van der Waals surface area contributed by atoms with Gasteiger partial charge in [0.05, 0.1) is 19.6 Å². The number of amides is 1. The molecule has 172 valence electrons. The van der Waals surface area contributed by atoms with Gasteiger partial charge in [-0.2, -0.15) is 0 Å². The summed E-state index contributed by atoms with van der Waals surface area (Å²) in [6.45, 7) is 0. The molecule has 0 aromatic heterocycles. The van der Waals surface area contributed by atoms with Crippen LogP contribution in [0.3, 0.4) is 0 Å². The van der Waals surface area contributed by atoms with Gasteiger partial charge >= 0.3 is 0 Å². The van der Waals surface area contributed by atoms with E-state index >= 15 is 0 Å². The van der Waals surface area contributed by atoms with Gasteiger partial charge in [0.15, 0.2) is 22.8 Å². The van der Waals surface area contributed by atoms with Gasteiger partial charge < -0.3 is 9.47 Å². The molecule has 0 unspecified atom stereocenters. The molecule has 1 atom stereocenters. The Kier molecular flexibility index (Phi) is 6.17. The molecule has 0 radical (unpaired) electrons. The van der Waals surface area contributed by atoms with Crippen LogP contribution in [0, 0.1) is 0 Å². The van der Waals surface area contributed by atoms with Gasteiger partial charge in [-0.05, 0) is 17.7 Å². The number of carbonyl (C=O) groups is 1. The SMILES string of the molecule is COc1cc(Cl)cc([C@@H]2N=c3ccccc3=C3C(=O)NC(SCc4ccccc4)=NN32)c1OC. The van der Waals surface area contributed by atoms with Crippen molar-refractivity contribution in [3.8, 4) is 11.5 Å². The maximum absolute atomic E-state index is 13.3. The van der Waals surface area contributed by atoms with E-state index in [0.29, 0.717) is 49.3 Å². The number of hydrogen-bond donors (Lipinski definition) is 1.